The van der Waals surface area contributed by atoms with Gasteiger partial charge in [-0.1, -0.05) is 74.7 Å². The minimum atomic E-state index is -0.260. The van der Waals surface area contributed by atoms with Crippen LogP contribution in [0.15, 0.2) is 67.3 Å². The number of aromatic nitrogens is 1. The van der Waals surface area contributed by atoms with Crippen molar-refractivity contribution >= 4 is 27.3 Å². The fourth-order valence-electron chi connectivity index (χ4n) is 3.35. The van der Waals surface area contributed by atoms with Gasteiger partial charge in [0, 0.05) is 5.56 Å². The van der Waals surface area contributed by atoms with E-state index in [0.717, 1.165) is 33.6 Å². The van der Waals surface area contributed by atoms with Crippen LogP contribution in [0.1, 0.15) is 53.9 Å². The second-order valence-corrected chi connectivity index (χ2v) is 7.69. The van der Waals surface area contributed by atoms with Gasteiger partial charge < -0.3 is 0 Å². The largest absolute Gasteiger partial charge is 0.293 e. The summed E-state index contributed by atoms with van der Waals surface area (Å²) in [5, 5.41) is 0.904. The van der Waals surface area contributed by atoms with Crippen molar-refractivity contribution in [3.8, 4) is 0 Å². The second kappa shape index (κ2) is 8.91. The van der Waals surface area contributed by atoms with Crippen LogP contribution in [0.2, 0.25) is 0 Å². The number of benzene rings is 2. The number of carbonyl (C=O) groups is 1. The van der Waals surface area contributed by atoms with Gasteiger partial charge in [0.2, 0.25) is 0 Å². The molecule has 2 aromatic carbocycles. The molecule has 3 rings (SSSR count). The Balaban J connectivity index is 1.99. The van der Waals surface area contributed by atoms with E-state index in [0.29, 0.717) is 0 Å². The number of carbonyl (C=O) groups excluding carboxylic acids is 1. The third kappa shape index (κ3) is 4.10. The van der Waals surface area contributed by atoms with Crippen molar-refractivity contribution in [2.45, 2.75) is 38.5 Å². The van der Waals surface area contributed by atoms with Crippen molar-refractivity contribution in [3.05, 3.63) is 77.8 Å². The number of nitrogens with zero attached hydrogens (tertiary/aromatic N) is 1. The van der Waals surface area contributed by atoms with Crippen LogP contribution in [0.25, 0.3) is 10.2 Å². The van der Waals surface area contributed by atoms with Gasteiger partial charge in [0.1, 0.15) is 5.01 Å². The van der Waals surface area contributed by atoms with E-state index in [-0.39, 0.29) is 17.6 Å². The topological polar surface area (TPSA) is 30.0 Å². The van der Waals surface area contributed by atoms with Crippen LogP contribution in [0, 0.1) is 5.92 Å². The van der Waals surface area contributed by atoms with Gasteiger partial charge >= 0.3 is 0 Å². The first kappa shape index (κ1) is 18.5. The Hall–Kier alpha value is -2.26. The number of thiazole rings is 1. The molecule has 0 aliphatic heterocycles. The molecule has 0 bridgehead atoms. The fourth-order valence-corrected chi connectivity index (χ4v) is 4.49. The molecule has 0 spiro atoms. The number of allylic oxidation sites excluding steroid dienone is 1. The number of Topliss-reactive ketones (excluding diaryl/α,β-unsaturated/α-hetero) is 1. The van der Waals surface area contributed by atoms with Gasteiger partial charge in [-0.2, -0.15) is 0 Å². The highest BCUT2D eigenvalue weighted by Gasteiger charge is 2.31. The molecule has 1 heterocycles. The lowest BCUT2D eigenvalue weighted by atomic mass is 9.83. The van der Waals surface area contributed by atoms with E-state index in [1.54, 1.807) is 11.3 Å². The van der Waals surface area contributed by atoms with E-state index in [1.807, 2.05) is 54.6 Å². The molecule has 26 heavy (non-hydrogen) atoms. The highest BCUT2D eigenvalue weighted by Crippen LogP contribution is 2.37. The molecule has 0 fully saturated rings. The SMILES string of the molecule is C=C[C@H](CCCCC)[C@H](C(=O)c1ccccc1)c1nc2ccccc2s1. The highest BCUT2D eigenvalue weighted by atomic mass is 32.1. The standard InChI is InChI=1S/C23H25NOS/c1-3-5-7-12-17(4-2)21(22(25)18-13-8-6-9-14-18)23-24-19-15-10-11-16-20(19)26-23/h4,6,8-11,13-17,21H,2-3,5,7,12H2,1H3/t17-,21-/m1/s1. The number of hydrogen-bond donors (Lipinski definition) is 0. The molecule has 134 valence electrons. The first-order valence-corrected chi connectivity index (χ1v) is 10.1. The molecular formula is C23H25NOS. The number of fused-ring (bicyclic) bond motifs is 1. The fraction of sp³-hybridized carbons (Fsp3) is 0.304. The molecule has 2 nitrogen and oxygen atoms in total. The van der Waals surface area contributed by atoms with Crippen molar-refractivity contribution in [1.29, 1.82) is 0 Å². The summed E-state index contributed by atoms with van der Waals surface area (Å²) in [5.74, 6) is -0.00923. The molecule has 3 aromatic rings. The Labute approximate surface area is 159 Å². The average Bonchev–Trinajstić information content (AvgIpc) is 3.11. The Morgan fingerprint density at radius 2 is 1.85 bits per heavy atom. The minimum Gasteiger partial charge on any atom is -0.293 e. The van der Waals surface area contributed by atoms with Crippen LogP contribution in [0.3, 0.4) is 0 Å². The predicted molar refractivity (Wildman–Crippen MR) is 111 cm³/mol. The zero-order chi connectivity index (χ0) is 18.4. The van der Waals surface area contributed by atoms with E-state index in [9.17, 15) is 4.79 Å². The van der Waals surface area contributed by atoms with Crippen molar-refractivity contribution in [1.82, 2.24) is 4.98 Å². The molecule has 3 heteroatoms. The Morgan fingerprint density at radius 3 is 2.54 bits per heavy atom. The zero-order valence-corrected chi connectivity index (χ0v) is 16.0. The van der Waals surface area contributed by atoms with Crippen molar-refractivity contribution in [2.24, 2.45) is 5.92 Å². The molecule has 0 amide bonds. The molecular weight excluding hydrogens is 338 g/mol. The van der Waals surface area contributed by atoms with Crippen LogP contribution in [-0.4, -0.2) is 10.8 Å². The van der Waals surface area contributed by atoms with E-state index in [4.69, 9.17) is 4.98 Å². The van der Waals surface area contributed by atoms with Crippen LogP contribution >= 0.6 is 11.3 Å². The lowest BCUT2D eigenvalue weighted by Gasteiger charge is -2.22. The summed E-state index contributed by atoms with van der Waals surface area (Å²) in [4.78, 5) is 18.2. The number of rotatable bonds is 9. The maximum atomic E-state index is 13.4. The molecule has 0 unspecified atom stereocenters. The normalized spacial score (nSPS) is 13.4. The number of hydrogen-bond acceptors (Lipinski definition) is 3. The van der Waals surface area contributed by atoms with E-state index >= 15 is 0 Å². The molecule has 0 saturated carbocycles. The Bertz CT molecular complexity index is 835. The maximum Gasteiger partial charge on any atom is 0.173 e. The van der Waals surface area contributed by atoms with Crippen LogP contribution < -0.4 is 0 Å². The number of unbranched alkanes of at least 4 members (excludes halogenated alkanes) is 2. The van der Waals surface area contributed by atoms with Gasteiger partial charge in [0.05, 0.1) is 16.1 Å². The predicted octanol–water partition coefficient (Wildman–Crippen LogP) is 6.65. The molecule has 0 aliphatic carbocycles. The summed E-state index contributed by atoms with van der Waals surface area (Å²) < 4.78 is 1.13. The summed E-state index contributed by atoms with van der Waals surface area (Å²) in [6, 6.07) is 17.7. The molecule has 0 aliphatic rings. The zero-order valence-electron chi connectivity index (χ0n) is 15.2. The van der Waals surface area contributed by atoms with E-state index in [2.05, 4.69) is 19.6 Å². The summed E-state index contributed by atoms with van der Waals surface area (Å²) >= 11 is 1.63. The summed E-state index contributed by atoms with van der Waals surface area (Å²) in [7, 11) is 0. The molecule has 0 radical (unpaired) electrons. The van der Waals surface area contributed by atoms with Crippen molar-refractivity contribution in [2.75, 3.05) is 0 Å². The monoisotopic (exact) mass is 363 g/mol. The molecule has 0 N–H and O–H groups in total. The van der Waals surface area contributed by atoms with E-state index in [1.165, 1.54) is 12.8 Å². The first-order chi connectivity index (χ1) is 12.7. The molecule has 1 aromatic heterocycles. The maximum absolute atomic E-state index is 13.4. The highest BCUT2D eigenvalue weighted by molar-refractivity contribution is 7.18. The third-order valence-corrected chi connectivity index (χ3v) is 5.91. The lowest BCUT2D eigenvalue weighted by molar-refractivity contribution is 0.0937. The van der Waals surface area contributed by atoms with Crippen LogP contribution in [0.4, 0.5) is 0 Å². The van der Waals surface area contributed by atoms with Gasteiger partial charge in [0.25, 0.3) is 0 Å². The summed E-state index contributed by atoms with van der Waals surface area (Å²) in [5.41, 5.74) is 1.72. The Morgan fingerprint density at radius 1 is 1.12 bits per heavy atom. The quantitative estimate of drug-likeness (QED) is 0.242. The first-order valence-electron chi connectivity index (χ1n) is 9.32. The van der Waals surface area contributed by atoms with Crippen LogP contribution in [-0.2, 0) is 0 Å². The van der Waals surface area contributed by atoms with Crippen molar-refractivity contribution < 1.29 is 4.79 Å². The molecule has 2 atom stereocenters. The summed E-state index contributed by atoms with van der Waals surface area (Å²) in [6.07, 6.45) is 6.37. The number of para-hydroxylation sites is 1. The smallest absolute Gasteiger partial charge is 0.173 e. The van der Waals surface area contributed by atoms with Gasteiger partial charge in [-0.25, -0.2) is 4.98 Å². The van der Waals surface area contributed by atoms with Crippen LogP contribution in [0.5, 0.6) is 0 Å². The average molecular weight is 364 g/mol. The van der Waals surface area contributed by atoms with Gasteiger partial charge in [-0.05, 0) is 24.5 Å². The van der Waals surface area contributed by atoms with Gasteiger partial charge in [-0.3, -0.25) is 4.79 Å². The van der Waals surface area contributed by atoms with E-state index < -0.39 is 0 Å². The lowest BCUT2D eigenvalue weighted by Crippen LogP contribution is -2.21. The van der Waals surface area contributed by atoms with Gasteiger partial charge in [-0.15, -0.1) is 17.9 Å². The van der Waals surface area contributed by atoms with Gasteiger partial charge in [0.15, 0.2) is 5.78 Å². The number of ketones is 1. The second-order valence-electron chi connectivity index (χ2n) is 6.62. The Kier molecular flexibility index (Phi) is 6.35. The molecule has 0 saturated heterocycles. The minimum absolute atomic E-state index is 0.106. The van der Waals surface area contributed by atoms with Crippen molar-refractivity contribution in [3.63, 3.8) is 0 Å². The third-order valence-electron chi connectivity index (χ3n) is 4.79. The summed E-state index contributed by atoms with van der Waals surface area (Å²) in [6.45, 7) is 6.24.